The summed E-state index contributed by atoms with van der Waals surface area (Å²) in [5.74, 6) is 1.31. The number of hydrogen-bond acceptors (Lipinski definition) is 10. The van der Waals surface area contributed by atoms with Crippen LogP contribution in [-0.2, 0) is 47.1 Å². The van der Waals surface area contributed by atoms with E-state index in [9.17, 15) is 9.59 Å². The third-order valence-electron chi connectivity index (χ3n) is 14.1. The molecule has 0 amide bonds. The van der Waals surface area contributed by atoms with E-state index in [4.69, 9.17) is 37.5 Å². The first-order valence-corrected chi connectivity index (χ1v) is 34.1. The molecule has 6 saturated heterocycles. The molecule has 0 aromatic rings. The third kappa shape index (κ3) is 12.4. The zero-order valence-corrected chi connectivity index (χ0v) is 44.1. The van der Waals surface area contributed by atoms with E-state index < -0.39 is 51.7 Å². The van der Waals surface area contributed by atoms with Crippen molar-refractivity contribution in [3.8, 4) is 0 Å². The minimum atomic E-state index is -0.962. The third-order valence-corrected chi connectivity index (χ3v) is 18.0. The van der Waals surface area contributed by atoms with Gasteiger partial charge in [-0.25, -0.2) is 0 Å². The number of carbonyl (C=O) groups excluding carboxylic acids is 2. The van der Waals surface area contributed by atoms with Crippen LogP contribution in [0.3, 0.4) is 0 Å². The maximum absolute atomic E-state index is 14.3. The van der Waals surface area contributed by atoms with Gasteiger partial charge in [-0.15, -0.1) is 17.2 Å². The minimum Gasteiger partial charge on any atom is -0.374 e. The first-order valence-electron chi connectivity index (χ1n) is 22.0. The van der Waals surface area contributed by atoms with Crippen molar-refractivity contribution in [3.05, 3.63) is 36.5 Å². The van der Waals surface area contributed by atoms with Gasteiger partial charge in [-0.2, -0.15) is 0 Å². The second-order valence-electron chi connectivity index (χ2n) is 18.5. The summed E-state index contributed by atoms with van der Waals surface area (Å²) in [5, 5.41) is 0. The van der Waals surface area contributed by atoms with Crippen LogP contribution in [0.2, 0.25) is 0 Å². The second kappa shape index (κ2) is 22.7. The highest BCUT2D eigenvalue weighted by atomic mass is 32.4. The van der Waals surface area contributed by atoms with Crippen LogP contribution in [0.4, 0.5) is 0 Å². The van der Waals surface area contributed by atoms with Crippen molar-refractivity contribution < 1.29 is 47.1 Å². The second-order valence-corrected chi connectivity index (χ2v) is 32.2. The zero-order valence-electron chi connectivity index (χ0n) is 35.5. The van der Waals surface area contributed by atoms with Gasteiger partial charge < -0.3 is 37.5 Å². The van der Waals surface area contributed by atoms with Crippen molar-refractivity contribution in [2.45, 2.75) is 183 Å². The highest BCUT2D eigenvalue weighted by Crippen LogP contribution is 2.60. The van der Waals surface area contributed by atoms with Gasteiger partial charge in [-0.3, -0.25) is 9.59 Å². The van der Waals surface area contributed by atoms with E-state index in [1.54, 1.807) is 6.08 Å². The lowest BCUT2D eigenvalue weighted by atomic mass is 9.78. The van der Waals surface area contributed by atoms with Gasteiger partial charge in [0.1, 0.15) is 36.3 Å². The molecule has 0 saturated carbocycles. The highest BCUT2D eigenvalue weighted by molar-refractivity contribution is 8.41. The van der Waals surface area contributed by atoms with Crippen molar-refractivity contribution in [1.29, 1.82) is 0 Å². The molecule has 7 aliphatic heterocycles. The van der Waals surface area contributed by atoms with Gasteiger partial charge in [-0.1, -0.05) is 75.7 Å². The van der Waals surface area contributed by atoms with Gasteiger partial charge in [-0.05, 0) is 92.0 Å². The van der Waals surface area contributed by atoms with Crippen molar-refractivity contribution in [3.63, 3.8) is 0 Å². The Kier molecular flexibility index (Phi) is 18.7. The summed E-state index contributed by atoms with van der Waals surface area (Å²) in [4.78, 5) is 27.9. The summed E-state index contributed by atoms with van der Waals surface area (Å²) in [6.45, 7) is 15.8. The summed E-state index contributed by atoms with van der Waals surface area (Å²) in [5.41, 5.74) is 2.17. The molecule has 7 heterocycles. The molecule has 60 heavy (non-hydrogen) atoms. The van der Waals surface area contributed by atoms with E-state index in [0.717, 1.165) is 51.5 Å². The molecule has 0 spiro atoms. The van der Waals surface area contributed by atoms with Crippen molar-refractivity contribution in [2.24, 2.45) is 23.7 Å². The molecule has 24 atom stereocenters. The SMILES string of the molecule is C=C1CC2/C=C/C(=O)C[C@H]3O[C@H]4[C@@H](OP(P)P)[C@H]5O[C@H](CC[C@@H]5O[C@H]4[C@H]3OP(P)P)CC(=O)CC3[C@H](CC4O[C@@H](CCC1O2)C[C@@H](C)C4=C)O[C@H](C[C@H](C)CCPP)[C@@H]3C. The normalized spacial score (nSPS) is 44.2. The molecule has 8 bridgehead atoms. The molecule has 6 fully saturated rings. The number of ketones is 2. The maximum atomic E-state index is 14.3. The van der Waals surface area contributed by atoms with Gasteiger partial charge in [0.05, 0.1) is 70.0 Å². The van der Waals surface area contributed by atoms with Crippen molar-refractivity contribution in [2.75, 3.05) is 6.16 Å². The first-order chi connectivity index (χ1) is 28.7. The van der Waals surface area contributed by atoms with E-state index in [1.165, 1.54) is 12.6 Å². The lowest BCUT2D eigenvalue weighted by molar-refractivity contribution is -0.251. The zero-order chi connectivity index (χ0) is 42.8. The smallest absolute Gasteiger partial charge is 0.158 e. The number of Topliss-reactive ketones (excluding diaryl/α,β-unsaturated/α-hetero) is 1. The molecule has 10 unspecified atom stereocenters. The molecule has 0 radical (unpaired) electrons. The van der Waals surface area contributed by atoms with E-state index in [2.05, 4.69) is 78.6 Å². The summed E-state index contributed by atoms with van der Waals surface area (Å²) in [6, 6.07) is 0. The fraction of sp³-hybridized carbons (Fsp3) is 0.810. The van der Waals surface area contributed by atoms with Crippen LogP contribution in [0.1, 0.15) is 97.8 Å². The van der Waals surface area contributed by atoms with Crippen LogP contribution in [0, 0.1) is 23.7 Å². The standard InChI is InChI=1S/C42H70O10P8/c1-21(12-13-58-53)14-34-25(5)31-18-27(44)17-30-9-11-33-38(47-30)42(52-60(56)57)41-40(49-33)39(51-59(54)55)37(50-41)19-26(43)6-7-28-16-23(3)32(45-28)10-8-29-15-22(2)24(4)35(46-29)20-36(31)48-34/h6-7,21-22,25,28-42,58H,3-4,8-20,53-57H2,1-2,5H3/b7-6+/t21-,22-,25-,28?,29+,30-,31?,32?,33+,34-,35?,36+,37-,38+,39+,40+,41-,42+/m1/s1. The number of ether oxygens (including phenoxy) is 6. The quantitative estimate of drug-likeness (QED) is 0.164. The molecule has 0 aromatic carbocycles. The van der Waals surface area contributed by atoms with Crippen molar-refractivity contribution >= 4 is 79.5 Å². The van der Waals surface area contributed by atoms with Gasteiger partial charge in [0.2, 0.25) is 0 Å². The summed E-state index contributed by atoms with van der Waals surface area (Å²) >= 11 is 0. The molecule has 0 aliphatic carbocycles. The predicted molar refractivity (Wildman–Crippen MR) is 261 cm³/mol. The fourth-order valence-corrected chi connectivity index (χ4v) is 14.8. The van der Waals surface area contributed by atoms with E-state index in [-0.39, 0.29) is 78.7 Å². The number of carbonyl (C=O) groups is 2. The van der Waals surface area contributed by atoms with Gasteiger partial charge in [0.25, 0.3) is 0 Å². The molecule has 338 valence electrons. The molecular weight excluding hydrogens is 912 g/mol. The van der Waals surface area contributed by atoms with Crippen molar-refractivity contribution in [1.82, 2.24) is 0 Å². The first kappa shape index (κ1) is 49.6. The average molecular weight is 983 g/mol. The maximum Gasteiger partial charge on any atom is 0.158 e. The molecule has 7 rings (SSSR count). The monoisotopic (exact) mass is 982 g/mol. The van der Waals surface area contributed by atoms with Gasteiger partial charge in [0, 0.05) is 32.1 Å². The Morgan fingerprint density at radius 1 is 0.783 bits per heavy atom. The lowest BCUT2D eigenvalue weighted by Gasteiger charge is -2.48. The molecule has 7 aliphatic rings. The lowest BCUT2D eigenvalue weighted by Crippen LogP contribution is -2.61. The molecule has 18 heteroatoms. The van der Waals surface area contributed by atoms with Crippen LogP contribution in [0.15, 0.2) is 36.5 Å². The Balaban J connectivity index is 1.15. The predicted octanol–water partition coefficient (Wildman–Crippen LogP) is 9.81. The van der Waals surface area contributed by atoms with Crippen LogP contribution < -0.4 is 0 Å². The molecule has 0 aromatic heterocycles. The van der Waals surface area contributed by atoms with Crippen LogP contribution in [0.25, 0.3) is 0 Å². The van der Waals surface area contributed by atoms with Gasteiger partial charge in [0.15, 0.2) is 5.78 Å². The fourth-order valence-electron chi connectivity index (χ4n) is 10.9. The molecule has 10 nitrogen and oxygen atoms in total. The summed E-state index contributed by atoms with van der Waals surface area (Å²) in [7, 11) is 12.8. The van der Waals surface area contributed by atoms with Crippen LogP contribution in [-0.4, -0.2) is 103 Å². The Morgan fingerprint density at radius 2 is 1.50 bits per heavy atom. The number of fused-ring (bicyclic) bond motifs is 7. The van der Waals surface area contributed by atoms with Crippen LogP contribution >= 0.6 is 68.0 Å². The number of hydrogen-bond donors (Lipinski definition) is 0. The minimum absolute atomic E-state index is 0.0583. The number of allylic oxidation sites excluding steroid dienone is 1. The summed E-state index contributed by atoms with van der Waals surface area (Å²) in [6.07, 6.45) is 9.39. The molecular formula is C42H70O10P8. The summed E-state index contributed by atoms with van der Waals surface area (Å²) < 4.78 is 54.0. The Morgan fingerprint density at radius 3 is 2.25 bits per heavy atom. The average Bonchev–Trinajstić information content (AvgIpc) is 3.81. The van der Waals surface area contributed by atoms with E-state index in [0.29, 0.717) is 43.9 Å². The largest absolute Gasteiger partial charge is 0.374 e. The Hall–Kier alpha value is 1.68. The Labute approximate surface area is 374 Å². The topological polar surface area (TPSA) is 108 Å². The van der Waals surface area contributed by atoms with E-state index >= 15 is 0 Å². The van der Waals surface area contributed by atoms with Crippen LogP contribution in [0.5, 0.6) is 0 Å². The number of rotatable bonds is 9. The highest BCUT2D eigenvalue weighted by Gasteiger charge is 2.59. The van der Waals surface area contributed by atoms with Gasteiger partial charge >= 0.3 is 0 Å². The Bertz CT molecular complexity index is 1560. The van der Waals surface area contributed by atoms with E-state index in [1.807, 2.05) is 6.08 Å². The molecule has 0 N–H and O–H groups in total.